The number of benzene rings is 2. The van der Waals surface area contributed by atoms with Crippen molar-refractivity contribution in [2.45, 2.75) is 39.2 Å². The molecule has 0 aliphatic heterocycles. The summed E-state index contributed by atoms with van der Waals surface area (Å²) in [7, 11) is 1.46. The molecule has 0 saturated heterocycles. The maximum Gasteiger partial charge on any atom is 0.573 e. The van der Waals surface area contributed by atoms with Gasteiger partial charge in [0.1, 0.15) is 5.75 Å². The number of rotatable bonds is 9. The van der Waals surface area contributed by atoms with E-state index in [0.717, 1.165) is 29.6 Å². The van der Waals surface area contributed by atoms with E-state index in [9.17, 15) is 27.6 Å². The van der Waals surface area contributed by atoms with Crippen LogP contribution in [-0.2, 0) is 22.7 Å². The second-order valence-electron chi connectivity index (χ2n) is 7.69. The molecule has 0 spiro atoms. The number of amides is 2. The Kier molecular flexibility index (Phi) is 7.64. The van der Waals surface area contributed by atoms with Crippen LogP contribution >= 0.6 is 0 Å². The fraction of sp³-hybridized carbons (Fsp3) is 0.348. The van der Waals surface area contributed by atoms with Crippen LogP contribution in [0, 0.1) is 0 Å². The van der Waals surface area contributed by atoms with Crippen LogP contribution in [0.1, 0.15) is 19.8 Å². The van der Waals surface area contributed by atoms with Gasteiger partial charge >= 0.3 is 12.1 Å². The maximum atomic E-state index is 12.8. The number of nitrogens with zero attached hydrogens (tertiary/aromatic N) is 3. The summed E-state index contributed by atoms with van der Waals surface area (Å²) < 4.78 is 43.7. The molecule has 2 amide bonds. The van der Waals surface area contributed by atoms with Crippen molar-refractivity contribution in [1.29, 1.82) is 0 Å². The van der Waals surface area contributed by atoms with Gasteiger partial charge in [-0.15, -0.1) is 13.2 Å². The Balaban J connectivity index is 1.57. The largest absolute Gasteiger partial charge is 0.573 e. The SMILES string of the molecule is CCCn1c(=O)n(CCC(=O)N(C)CC(=O)Nc2ccc(OC(F)(F)F)cc2)c2ccccc21. The molecule has 3 aromatic rings. The lowest BCUT2D eigenvalue weighted by Crippen LogP contribution is -2.36. The van der Waals surface area contributed by atoms with Gasteiger partial charge in [0.05, 0.1) is 17.6 Å². The van der Waals surface area contributed by atoms with Gasteiger partial charge in [0.2, 0.25) is 11.8 Å². The molecule has 2 aromatic carbocycles. The van der Waals surface area contributed by atoms with Crippen molar-refractivity contribution in [3.63, 3.8) is 0 Å². The monoisotopic (exact) mass is 478 g/mol. The third-order valence-electron chi connectivity index (χ3n) is 5.10. The number of carbonyl (C=O) groups is 2. The molecule has 182 valence electrons. The molecule has 0 fully saturated rings. The first-order chi connectivity index (χ1) is 16.1. The Morgan fingerprint density at radius 3 is 2.15 bits per heavy atom. The standard InChI is InChI=1S/C23H25F3N4O4/c1-3-13-29-18-6-4-5-7-19(18)30(22(29)33)14-12-21(32)28(2)15-20(31)27-16-8-10-17(11-9-16)34-23(24,25)26/h4-11H,3,12-15H2,1-2H3,(H,27,31). The van der Waals surface area contributed by atoms with E-state index in [2.05, 4.69) is 10.1 Å². The molecule has 1 heterocycles. The molecule has 34 heavy (non-hydrogen) atoms. The summed E-state index contributed by atoms with van der Waals surface area (Å²) in [6.45, 7) is 2.46. The molecule has 0 unspecified atom stereocenters. The van der Waals surface area contributed by atoms with Crippen LogP contribution in [-0.4, -0.2) is 45.8 Å². The van der Waals surface area contributed by atoms with Gasteiger partial charge in [0.25, 0.3) is 0 Å². The van der Waals surface area contributed by atoms with Gasteiger partial charge in [-0.05, 0) is 42.8 Å². The fourth-order valence-corrected chi connectivity index (χ4v) is 3.57. The first-order valence-corrected chi connectivity index (χ1v) is 10.7. The van der Waals surface area contributed by atoms with Crippen LogP contribution in [0.15, 0.2) is 53.3 Å². The summed E-state index contributed by atoms with van der Waals surface area (Å²) in [6.07, 6.45) is -3.99. The predicted octanol–water partition coefficient (Wildman–Crippen LogP) is 3.60. The zero-order valence-corrected chi connectivity index (χ0v) is 18.8. The quantitative estimate of drug-likeness (QED) is 0.509. The van der Waals surface area contributed by atoms with Crippen molar-refractivity contribution in [2.75, 3.05) is 18.9 Å². The summed E-state index contributed by atoms with van der Waals surface area (Å²) in [5.41, 5.74) is 1.62. The number of alkyl halides is 3. The third kappa shape index (κ3) is 6.18. The molecule has 0 radical (unpaired) electrons. The minimum atomic E-state index is -4.80. The van der Waals surface area contributed by atoms with Gasteiger partial charge < -0.3 is 15.0 Å². The number of imidazole rings is 1. The van der Waals surface area contributed by atoms with E-state index in [1.54, 1.807) is 9.13 Å². The lowest BCUT2D eigenvalue weighted by atomic mass is 10.3. The molecule has 0 saturated carbocycles. The Bertz CT molecular complexity index is 1220. The molecule has 11 heteroatoms. The maximum absolute atomic E-state index is 12.8. The van der Waals surface area contributed by atoms with Crippen molar-refractivity contribution in [3.8, 4) is 5.75 Å². The van der Waals surface area contributed by atoms with E-state index in [-0.39, 0.29) is 36.8 Å². The van der Waals surface area contributed by atoms with Crippen molar-refractivity contribution >= 4 is 28.5 Å². The average molecular weight is 478 g/mol. The number of aromatic nitrogens is 2. The summed E-state index contributed by atoms with van der Waals surface area (Å²) in [6, 6.07) is 12.0. The highest BCUT2D eigenvalue weighted by Gasteiger charge is 2.31. The van der Waals surface area contributed by atoms with E-state index in [4.69, 9.17) is 0 Å². The average Bonchev–Trinajstić information content (AvgIpc) is 3.03. The summed E-state index contributed by atoms with van der Waals surface area (Å²) in [4.78, 5) is 38.8. The molecule has 0 aliphatic carbocycles. The number of fused-ring (bicyclic) bond motifs is 1. The smallest absolute Gasteiger partial charge is 0.406 e. The highest BCUT2D eigenvalue weighted by molar-refractivity contribution is 5.94. The number of aryl methyl sites for hydroxylation is 2. The second kappa shape index (κ2) is 10.4. The zero-order chi connectivity index (χ0) is 24.9. The fourth-order valence-electron chi connectivity index (χ4n) is 3.57. The molecule has 1 N–H and O–H groups in total. The second-order valence-corrected chi connectivity index (χ2v) is 7.69. The van der Waals surface area contributed by atoms with E-state index in [1.165, 1.54) is 24.1 Å². The number of hydrogen-bond acceptors (Lipinski definition) is 4. The van der Waals surface area contributed by atoms with Crippen LogP contribution in [0.5, 0.6) is 5.75 Å². The number of likely N-dealkylation sites (N-methyl/N-ethyl adjacent to an activating group) is 1. The van der Waals surface area contributed by atoms with E-state index < -0.39 is 18.0 Å². The van der Waals surface area contributed by atoms with Gasteiger partial charge in [-0.2, -0.15) is 0 Å². The Morgan fingerprint density at radius 1 is 1.00 bits per heavy atom. The Morgan fingerprint density at radius 2 is 1.59 bits per heavy atom. The molecule has 3 rings (SSSR count). The first kappa shape index (κ1) is 24.9. The highest BCUT2D eigenvalue weighted by Crippen LogP contribution is 2.24. The molecular formula is C23H25F3N4O4. The molecule has 1 aromatic heterocycles. The van der Waals surface area contributed by atoms with E-state index in [0.29, 0.717) is 6.54 Å². The number of carbonyl (C=O) groups excluding carboxylic acids is 2. The molecule has 0 bridgehead atoms. The summed E-state index contributed by atoms with van der Waals surface area (Å²) in [5, 5.41) is 2.51. The number of anilines is 1. The van der Waals surface area contributed by atoms with E-state index in [1.807, 2.05) is 31.2 Å². The molecule has 0 aliphatic rings. The molecule has 0 atom stereocenters. The van der Waals surface area contributed by atoms with E-state index >= 15 is 0 Å². The lowest BCUT2D eigenvalue weighted by molar-refractivity contribution is -0.274. The number of nitrogens with one attached hydrogen (secondary N) is 1. The van der Waals surface area contributed by atoms with Crippen molar-refractivity contribution in [2.24, 2.45) is 0 Å². The number of hydrogen-bond donors (Lipinski definition) is 1. The van der Waals surface area contributed by atoms with Gasteiger partial charge in [-0.1, -0.05) is 19.1 Å². The molecular weight excluding hydrogens is 453 g/mol. The number of halogens is 3. The third-order valence-corrected chi connectivity index (χ3v) is 5.10. The van der Waals surface area contributed by atoms with Crippen LogP contribution in [0.3, 0.4) is 0 Å². The van der Waals surface area contributed by atoms with Crippen LogP contribution in [0.25, 0.3) is 11.0 Å². The highest BCUT2D eigenvalue weighted by atomic mass is 19.4. The number of para-hydroxylation sites is 2. The van der Waals surface area contributed by atoms with Gasteiger partial charge in [-0.3, -0.25) is 18.7 Å². The Labute approximate surface area is 193 Å². The summed E-state index contributed by atoms with van der Waals surface area (Å²) in [5.74, 6) is -1.26. The topological polar surface area (TPSA) is 85.6 Å². The van der Waals surface area contributed by atoms with Gasteiger partial charge in [0, 0.05) is 32.2 Å². The predicted molar refractivity (Wildman–Crippen MR) is 120 cm³/mol. The number of ether oxygens (including phenoxy) is 1. The van der Waals surface area contributed by atoms with Crippen LogP contribution < -0.4 is 15.7 Å². The van der Waals surface area contributed by atoms with Crippen molar-refractivity contribution < 1.29 is 27.5 Å². The van der Waals surface area contributed by atoms with Crippen LogP contribution in [0.4, 0.5) is 18.9 Å². The van der Waals surface area contributed by atoms with Crippen LogP contribution in [0.2, 0.25) is 0 Å². The normalized spacial score (nSPS) is 11.4. The minimum absolute atomic E-state index is 0.0211. The van der Waals surface area contributed by atoms with Gasteiger partial charge in [-0.25, -0.2) is 4.79 Å². The molecule has 8 nitrogen and oxygen atoms in total. The van der Waals surface area contributed by atoms with Crippen molar-refractivity contribution in [1.82, 2.24) is 14.0 Å². The van der Waals surface area contributed by atoms with Crippen molar-refractivity contribution in [3.05, 3.63) is 59.0 Å². The summed E-state index contributed by atoms with van der Waals surface area (Å²) >= 11 is 0. The minimum Gasteiger partial charge on any atom is -0.406 e. The first-order valence-electron chi connectivity index (χ1n) is 10.7. The van der Waals surface area contributed by atoms with Gasteiger partial charge in [0.15, 0.2) is 0 Å². The lowest BCUT2D eigenvalue weighted by Gasteiger charge is -2.17. The zero-order valence-electron chi connectivity index (χ0n) is 18.8. The Hall–Kier alpha value is -3.76.